The smallest absolute Gasteiger partial charge is 0.165 e. The van der Waals surface area contributed by atoms with Crippen molar-refractivity contribution in [2.45, 2.75) is 51.9 Å². The van der Waals surface area contributed by atoms with Crippen LogP contribution in [-0.4, -0.2) is 17.3 Å². The highest BCUT2D eigenvalue weighted by atomic mass is 16.5. The first-order valence-electron chi connectivity index (χ1n) is 6.48. The average molecular weight is 249 g/mol. The summed E-state index contributed by atoms with van der Waals surface area (Å²) < 4.78 is 11.6. The molecule has 3 atom stereocenters. The van der Waals surface area contributed by atoms with Gasteiger partial charge in [-0.2, -0.15) is 0 Å². The van der Waals surface area contributed by atoms with Crippen molar-refractivity contribution >= 4 is 0 Å². The second-order valence-electron chi connectivity index (χ2n) is 5.43. The molecular weight excluding hydrogens is 230 g/mol. The maximum atomic E-state index is 10.3. The summed E-state index contributed by atoms with van der Waals surface area (Å²) >= 11 is 0. The molecule has 0 saturated carbocycles. The quantitative estimate of drug-likeness (QED) is 0.799. The molecule has 2 aliphatic heterocycles. The molecule has 1 aromatic rings. The van der Waals surface area contributed by atoms with Gasteiger partial charge in [0.1, 0.15) is 18.0 Å². The van der Waals surface area contributed by atoms with E-state index < -0.39 is 0 Å². The van der Waals surface area contributed by atoms with E-state index in [2.05, 4.69) is 0 Å². The van der Waals surface area contributed by atoms with Crippen LogP contribution in [0.5, 0.6) is 17.2 Å². The van der Waals surface area contributed by atoms with Crippen LogP contribution in [-0.2, 0) is 12.8 Å². The third-order valence-corrected chi connectivity index (χ3v) is 3.70. The number of phenols is 1. The molecule has 4 nitrogen and oxygen atoms in total. The Morgan fingerprint density at radius 3 is 2.28 bits per heavy atom. The molecule has 1 aromatic carbocycles. The number of benzene rings is 1. The van der Waals surface area contributed by atoms with E-state index in [9.17, 15) is 5.11 Å². The maximum Gasteiger partial charge on any atom is 0.165 e. The lowest BCUT2D eigenvalue weighted by Crippen LogP contribution is -2.12. The second-order valence-corrected chi connectivity index (χ2v) is 5.43. The van der Waals surface area contributed by atoms with E-state index in [1.807, 2.05) is 20.8 Å². The number of nitrogens with two attached hydrogens (primary N) is 1. The molecule has 4 heteroatoms. The molecule has 0 bridgehead atoms. The van der Waals surface area contributed by atoms with Gasteiger partial charge in [0.25, 0.3) is 0 Å². The monoisotopic (exact) mass is 249 g/mol. The van der Waals surface area contributed by atoms with E-state index in [1.54, 1.807) is 0 Å². The number of aromatic hydroxyl groups is 1. The molecule has 0 spiro atoms. The summed E-state index contributed by atoms with van der Waals surface area (Å²) in [6.07, 6.45) is 1.67. The molecule has 0 aliphatic carbocycles. The number of phenolic OH excluding ortho intramolecular Hbond substituents is 1. The zero-order valence-corrected chi connectivity index (χ0v) is 11.0. The fourth-order valence-electron chi connectivity index (χ4n) is 3.01. The molecule has 2 heterocycles. The molecule has 98 valence electrons. The minimum Gasteiger partial charge on any atom is -0.504 e. The Bertz CT molecular complexity index is 471. The molecule has 2 aliphatic rings. The second kappa shape index (κ2) is 3.79. The van der Waals surface area contributed by atoms with Gasteiger partial charge in [0.2, 0.25) is 0 Å². The first-order valence-corrected chi connectivity index (χ1v) is 6.48. The van der Waals surface area contributed by atoms with E-state index in [0.717, 1.165) is 28.9 Å². The van der Waals surface area contributed by atoms with Crippen molar-refractivity contribution in [3.8, 4) is 17.2 Å². The lowest BCUT2D eigenvalue weighted by atomic mass is 9.93. The Kier molecular flexibility index (Phi) is 2.45. The SMILES string of the molecule is CC1Cc2c(c(O)c3c(c2C(C)N)OC(C)C3)O1. The zero-order valence-electron chi connectivity index (χ0n) is 11.0. The predicted molar refractivity (Wildman–Crippen MR) is 68.3 cm³/mol. The normalized spacial score (nSPS) is 26.2. The van der Waals surface area contributed by atoms with Crippen molar-refractivity contribution in [3.05, 3.63) is 16.7 Å². The highest BCUT2D eigenvalue weighted by Crippen LogP contribution is 2.51. The predicted octanol–water partition coefficient (Wildman–Crippen LogP) is 2.06. The summed E-state index contributed by atoms with van der Waals surface area (Å²) in [5.74, 6) is 1.65. The van der Waals surface area contributed by atoms with Gasteiger partial charge in [-0.25, -0.2) is 0 Å². The fraction of sp³-hybridized carbons (Fsp3) is 0.571. The van der Waals surface area contributed by atoms with Gasteiger partial charge in [-0.05, 0) is 20.8 Å². The number of hydrogen-bond donors (Lipinski definition) is 2. The number of fused-ring (bicyclic) bond motifs is 2. The molecule has 0 saturated heterocycles. The molecule has 0 radical (unpaired) electrons. The van der Waals surface area contributed by atoms with Crippen molar-refractivity contribution in [3.63, 3.8) is 0 Å². The minimum atomic E-state index is -0.118. The van der Waals surface area contributed by atoms with Crippen molar-refractivity contribution in [1.82, 2.24) is 0 Å². The van der Waals surface area contributed by atoms with Crippen LogP contribution in [0, 0.1) is 0 Å². The topological polar surface area (TPSA) is 64.7 Å². The van der Waals surface area contributed by atoms with E-state index in [4.69, 9.17) is 15.2 Å². The molecule has 18 heavy (non-hydrogen) atoms. The van der Waals surface area contributed by atoms with Crippen LogP contribution in [0.1, 0.15) is 43.5 Å². The number of hydrogen-bond acceptors (Lipinski definition) is 4. The Balaban J connectivity index is 2.26. The van der Waals surface area contributed by atoms with Crippen molar-refractivity contribution in [2.24, 2.45) is 5.73 Å². The Morgan fingerprint density at radius 1 is 1.11 bits per heavy atom. The Labute approximate surface area is 107 Å². The lowest BCUT2D eigenvalue weighted by molar-refractivity contribution is 0.244. The molecular formula is C14H19NO3. The molecule has 3 N–H and O–H groups in total. The van der Waals surface area contributed by atoms with Gasteiger partial charge in [0.05, 0.1) is 0 Å². The summed E-state index contributed by atoms with van der Waals surface area (Å²) in [4.78, 5) is 0. The zero-order chi connectivity index (χ0) is 13.0. The van der Waals surface area contributed by atoms with Crippen molar-refractivity contribution in [1.29, 1.82) is 0 Å². The van der Waals surface area contributed by atoms with Crippen LogP contribution < -0.4 is 15.2 Å². The van der Waals surface area contributed by atoms with E-state index >= 15 is 0 Å². The summed E-state index contributed by atoms with van der Waals surface area (Å²) in [5, 5.41) is 10.3. The third-order valence-electron chi connectivity index (χ3n) is 3.70. The number of rotatable bonds is 1. The lowest BCUT2D eigenvalue weighted by Gasteiger charge is -2.17. The van der Waals surface area contributed by atoms with Crippen LogP contribution >= 0.6 is 0 Å². The standard InChI is InChI=1S/C14H19NO3/c1-6-4-9-11(8(3)15)13-10(5-7(2)17-13)12(16)14(9)18-6/h6-8,16H,4-5,15H2,1-3H3. The van der Waals surface area contributed by atoms with Gasteiger partial charge < -0.3 is 20.3 Å². The molecule has 0 aromatic heterocycles. The first-order chi connectivity index (χ1) is 8.49. The average Bonchev–Trinajstić information content (AvgIpc) is 2.81. The highest BCUT2D eigenvalue weighted by molar-refractivity contribution is 5.66. The highest BCUT2D eigenvalue weighted by Gasteiger charge is 2.36. The van der Waals surface area contributed by atoms with E-state index in [1.165, 1.54) is 0 Å². The summed E-state index contributed by atoms with van der Waals surface area (Å²) in [7, 11) is 0. The largest absolute Gasteiger partial charge is 0.504 e. The van der Waals surface area contributed by atoms with Crippen LogP contribution in [0.15, 0.2) is 0 Å². The van der Waals surface area contributed by atoms with Crippen LogP contribution in [0.3, 0.4) is 0 Å². The number of ether oxygens (including phenoxy) is 2. The molecule has 0 fully saturated rings. The van der Waals surface area contributed by atoms with Crippen LogP contribution in [0.2, 0.25) is 0 Å². The van der Waals surface area contributed by atoms with Gasteiger partial charge in [0, 0.05) is 35.6 Å². The minimum absolute atomic E-state index is 0.0864. The summed E-state index contributed by atoms with van der Waals surface area (Å²) in [6, 6.07) is -0.118. The fourth-order valence-corrected chi connectivity index (χ4v) is 3.01. The van der Waals surface area contributed by atoms with Crippen molar-refractivity contribution < 1.29 is 14.6 Å². The molecule has 3 rings (SSSR count). The molecule has 0 amide bonds. The van der Waals surface area contributed by atoms with Gasteiger partial charge in [-0.15, -0.1) is 0 Å². The van der Waals surface area contributed by atoms with Gasteiger partial charge >= 0.3 is 0 Å². The molecule has 3 unspecified atom stereocenters. The van der Waals surface area contributed by atoms with Gasteiger partial charge in [0.15, 0.2) is 11.5 Å². The Morgan fingerprint density at radius 2 is 1.67 bits per heavy atom. The van der Waals surface area contributed by atoms with E-state index in [0.29, 0.717) is 12.2 Å². The van der Waals surface area contributed by atoms with Crippen LogP contribution in [0.25, 0.3) is 0 Å². The van der Waals surface area contributed by atoms with Crippen LogP contribution in [0.4, 0.5) is 0 Å². The Hall–Kier alpha value is -1.42. The van der Waals surface area contributed by atoms with Crippen molar-refractivity contribution in [2.75, 3.05) is 0 Å². The van der Waals surface area contributed by atoms with E-state index in [-0.39, 0.29) is 24.0 Å². The third kappa shape index (κ3) is 1.48. The summed E-state index contributed by atoms with van der Waals surface area (Å²) in [6.45, 7) is 5.94. The van der Waals surface area contributed by atoms with Gasteiger partial charge in [-0.1, -0.05) is 0 Å². The maximum absolute atomic E-state index is 10.3. The summed E-state index contributed by atoms with van der Waals surface area (Å²) in [5.41, 5.74) is 8.96. The first kappa shape index (κ1) is 11.7. The van der Waals surface area contributed by atoms with Gasteiger partial charge in [-0.3, -0.25) is 0 Å².